The number of nitrogens with one attached hydrogen (secondary N) is 1. The lowest BCUT2D eigenvalue weighted by molar-refractivity contribution is 0.391. The van der Waals surface area contributed by atoms with Crippen molar-refractivity contribution in [2.45, 2.75) is 12.2 Å². The molecule has 0 radical (unpaired) electrons. The lowest BCUT2D eigenvalue weighted by Crippen LogP contribution is -2.18. The van der Waals surface area contributed by atoms with Crippen LogP contribution in [0.2, 0.25) is 0 Å². The molecular weight excluding hydrogens is 90.1 g/mol. The highest BCUT2D eigenvalue weighted by Crippen LogP contribution is 2.23. The standard InChI is InChI=1S/C5H7NO/c1-2-6-3-5-4(1)7-5/h1-2,4-6H,3H2. The molecule has 2 aliphatic heterocycles. The van der Waals surface area contributed by atoms with E-state index in [0.717, 1.165) is 6.54 Å². The maximum atomic E-state index is 5.13. The van der Waals surface area contributed by atoms with Gasteiger partial charge in [-0.3, -0.25) is 0 Å². The topological polar surface area (TPSA) is 24.6 Å². The predicted octanol–water partition coefficient (Wildman–Crippen LogP) is -0.129. The molecule has 2 atom stereocenters. The van der Waals surface area contributed by atoms with Gasteiger partial charge in [0.1, 0.15) is 12.2 Å². The van der Waals surface area contributed by atoms with Gasteiger partial charge in [0.05, 0.1) is 0 Å². The largest absolute Gasteiger partial charge is 0.388 e. The molecule has 2 heteroatoms. The van der Waals surface area contributed by atoms with Crippen molar-refractivity contribution in [3.05, 3.63) is 12.3 Å². The molecule has 0 aromatic heterocycles. The van der Waals surface area contributed by atoms with Gasteiger partial charge in [-0.25, -0.2) is 0 Å². The third kappa shape index (κ3) is 0.431. The van der Waals surface area contributed by atoms with Crippen molar-refractivity contribution in [3.63, 3.8) is 0 Å². The Balaban J connectivity index is 2.14. The molecule has 0 aliphatic carbocycles. The molecular formula is C5H7NO. The van der Waals surface area contributed by atoms with Crippen LogP contribution in [0.25, 0.3) is 0 Å². The molecule has 2 nitrogen and oxygen atoms in total. The van der Waals surface area contributed by atoms with E-state index in [0.29, 0.717) is 12.2 Å². The fourth-order valence-corrected chi connectivity index (χ4v) is 0.837. The molecule has 7 heavy (non-hydrogen) atoms. The van der Waals surface area contributed by atoms with Gasteiger partial charge >= 0.3 is 0 Å². The van der Waals surface area contributed by atoms with Crippen LogP contribution in [0.5, 0.6) is 0 Å². The molecule has 1 saturated heterocycles. The smallest absolute Gasteiger partial charge is 0.106 e. The van der Waals surface area contributed by atoms with Gasteiger partial charge in [-0.2, -0.15) is 0 Å². The van der Waals surface area contributed by atoms with Crippen LogP contribution in [0, 0.1) is 0 Å². The monoisotopic (exact) mass is 97.1 g/mol. The van der Waals surface area contributed by atoms with E-state index in [1.54, 1.807) is 0 Å². The van der Waals surface area contributed by atoms with Crippen molar-refractivity contribution in [1.82, 2.24) is 5.32 Å². The third-order valence-corrected chi connectivity index (χ3v) is 1.34. The lowest BCUT2D eigenvalue weighted by atomic mass is 10.2. The fraction of sp³-hybridized carbons (Fsp3) is 0.600. The predicted molar refractivity (Wildman–Crippen MR) is 25.8 cm³/mol. The quantitative estimate of drug-likeness (QED) is 0.426. The van der Waals surface area contributed by atoms with Gasteiger partial charge in [0, 0.05) is 6.54 Å². The van der Waals surface area contributed by atoms with Gasteiger partial charge in [-0.15, -0.1) is 0 Å². The summed E-state index contributed by atoms with van der Waals surface area (Å²) < 4.78 is 5.13. The maximum absolute atomic E-state index is 5.13. The second-order valence-corrected chi connectivity index (χ2v) is 1.91. The third-order valence-electron chi connectivity index (χ3n) is 1.34. The van der Waals surface area contributed by atoms with Crippen LogP contribution in [-0.2, 0) is 4.74 Å². The first-order chi connectivity index (χ1) is 3.47. The molecule has 0 spiro atoms. The first-order valence-electron chi connectivity index (χ1n) is 2.52. The molecule has 2 heterocycles. The van der Waals surface area contributed by atoms with E-state index in [2.05, 4.69) is 5.32 Å². The maximum Gasteiger partial charge on any atom is 0.106 e. The van der Waals surface area contributed by atoms with Crippen molar-refractivity contribution in [3.8, 4) is 0 Å². The zero-order valence-electron chi connectivity index (χ0n) is 3.92. The number of ether oxygens (including phenoxy) is 1. The summed E-state index contributed by atoms with van der Waals surface area (Å²) in [4.78, 5) is 0. The Hall–Kier alpha value is -0.500. The summed E-state index contributed by atoms with van der Waals surface area (Å²) in [6.07, 6.45) is 4.97. The molecule has 1 fully saturated rings. The van der Waals surface area contributed by atoms with Gasteiger partial charge in [0.2, 0.25) is 0 Å². The molecule has 2 rings (SSSR count). The minimum atomic E-state index is 0.459. The van der Waals surface area contributed by atoms with Gasteiger partial charge < -0.3 is 10.1 Å². The van der Waals surface area contributed by atoms with Crippen molar-refractivity contribution >= 4 is 0 Å². The number of epoxide rings is 1. The summed E-state index contributed by atoms with van der Waals surface area (Å²) in [7, 11) is 0. The summed E-state index contributed by atoms with van der Waals surface area (Å²) in [6.45, 7) is 1.00. The first kappa shape index (κ1) is 3.50. The molecule has 0 saturated carbocycles. The fourth-order valence-electron chi connectivity index (χ4n) is 0.837. The van der Waals surface area contributed by atoms with E-state index in [9.17, 15) is 0 Å². The van der Waals surface area contributed by atoms with Crippen molar-refractivity contribution in [2.24, 2.45) is 0 Å². The number of hydrogen-bond donors (Lipinski definition) is 1. The Bertz CT molecular complexity index is 111. The number of rotatable bonds is 0. The normalized spacial score (nSPS) is 44.6. The average Bonchev–Trinajstić information content (AvgIpc) is 2.41. The average molecular weight is 97.1 g/mol. The number of hydrogen-bond acceptors (Lipinski definition) is 2. The van der Waals surface area contributed by atoms with E-state index in [1.807, 2.05) is 12.3 Å². The second-order valence-electron chi connectivity index (χ2n) is 1.91. The van der Waals surface area contributed by atoms with E-state index in [-0.39, 0.29) is 0 Å². The number of fused-ring (bicyclic) bond motifs is 1. The minimum Gasteiger partial charge on any atom is -0.388 e. The minimum absolute atomic E-state index is 0.459. The van der Waals surface area contributed by atoms with E-state index >= 15 is 0 Å². The summed E-state index contributed by atoms with van der Waals surface area (Å²) in [6, 6.07) is 0. The van der Waals surface area contributed by atoms with Crippen LogP contribution < -0.4 is 5.32 Å². The van der Waals surface area contributed by atoms with Crippen molar-refractivity contribution in [1.29, 1.82) is 0 Å². The van der Waals surface area contributed by atoms with Gasteiger partial charge in [0.15, 0.2) is 0 Å². The molecule has 38 valence electrons. The molecule has 0 aromatic carbocycles. The molecule has 2 unspecified atom stereocenters. The highest BCUT2D eigenvalue weighted by Gasteiger charge is 2.37. The Kier molecular flexibility index (Phi) is 0.504. The van der Waals surface area contributed by atoms with Gasteiger partial charge in [0.25, 0.3) is 0 Å². The molecule has 0 aromatic rings. The van der Waals surface area contributed by atoms with Crippen LogP contribution in [0.1, 0.15) is 0 Å². The highest BCUT2D eigenvalue weighted by molar-refractivity contribution is 5.07. The summed E-state index contributed by atoms with van der Waals surface area (Å²) in [5, 5.41) is 3.07. The highest BCUT2D eigenvalue weighted by atomic mass is 16.6. The molecule has 0 amide bonds. The Labute approximate surface area is 42.2 Å². The lowest BCUT2D eigenvalue weighted by Gasteiger charge is -1.97. The molecule has 0 bridgehead atoms. The SMILES string of the molecule is C1=CC2OC2CN1. The van der Waals surface area contributed by atoms with Crippen LogP contribution >= 0.6 is 0 Å². The first-order valence-corrected chi connectivity index (χ1v) is 2.52. The molecule has 2 aliphatic rings. The van der Waals surface area contributed by atoms with E-state index in [1.165, 1.54) is 0 Å². The van der Waals surface area contributed by atoms with Crippen molar-refractivity contribution in [2.75, 3.05) is 6.54 Å². The zero-order valence-corrected chi connectivity index (χ0v) is 3.92. The Morgan fingerprint density at radius 3 is 3.29 bits per heavy atom. The van der Waals surface area contributed by atoms with E-state index in [4.69, 9.17) is 4.74 Å². The van der Waals surface area contributed by atoms with Crippen LogP contribution in [-0.4, -0.2) is 18.8 Å². The van der Waals surface area contributed by atoms with Gasteiger partial charge in [-0.1, -0.05) is 0 Å². The Morgan fingerprint density at radius 2 is 2.71 bits per heavy atom. The summed E-state index contributed by atoms with van der Waals surface area (Å²) in [5.41, 5.74) is 0. The van der Waals surface area contributed by atoms with E-state index < -0.39 is 0 Å². The Morgan fingerprint density at radius 1 is 1.71 bits per heavy atom. The van der Waals surface area contributed by atoms with Crippen LogP contribution in [0.4, 0.5) is 0 Å². The van der Waals surface area contributed by atoms with Crippen molar-refractivity contribution < 1.29 is 4.74 Å². The molecule has 1 N–H and O–H groups in total. The zero-order chi connectivity index (χ0) is 4.69. The summed E-state index contributed by atoms with van der Waals surface area (Å²) in [5.74, 6) is 0. The van der Waals surface area contributed by atoms with Gasteiger partial charge in [-0.05, 0) is 12.3 Å². The second kappa shape index (κ2) is 1.01. The summed E-state index contributed by atoms with van der Waals surface area (Å²) >= 11 is 0. The van der Waals surface area contributed by atoms with Crippen LogP contribution in [0.15, 0.2) is 12.3 Å². The van der Waals surface area contributed by atoms with Crippen LogP contribution in [0.3, 0.4) is 0 Å².